The van der Waals surface area contributed by atoms with E-state index in [2.05, 4.69) is 26.6 Å². The number of amides is 1. The van der Waals surface area contributed by atoms with E-state index in [4.69, 9.17) is 4.74 Å². The van der Waals surface area contributed by atoms with Crippen LogP contribution in [0.4, 0.5) is 5.69 Å². The molecule has 1 fully saturated rings. The second kappa shape index (κ2) is 6.85. The maximum Gasteiger partial charge on any atom is 0.338 e. The minimum absolute atomic E-state index is 0.0490. The summed E-state index contributed by atoms with van der Waals surface area (Å²) in [6, 6.07) is 4.85. The molecule has 6 heteroatoms. The average Bonchev–Trinajstić information content (AvgIpc) is 2.95. The number of carbonyl (C=O) groups excluding carboxylic acids is 2. The number of ether oxygens (including phenoxy) is 1. The van der Waals surface area contributed by atoms with Crippen LogP contribution < -0.4 is 10.6 Å². The van der Waals surface area contributed by atoms with Gasteiger partial charge in [0.2, 0.25) is 5.91 Å². The molecule has 0 saturated carbocycles. The number of halogens is 1. The summed E-state index contributed by atoms with van der Waals surface area (Å²) in [5.41, 5.74) is 1.10. The van der Waals surface area contributed by atoms with Crippen molar-refractivity contribution in [3.05, 3.63) is 28.2 Å². The third-order valence-corrected chi connectivity index (χ3v) is 3.77. The van der Waals surface area contributed by atoms with Crippen molar-refractivity contribution in [1.29, 1.82) is 0 Å². The van der Waals surface area contributed by atoms with Gasteiger partial charge in [-0.25, -0.2) is 4.79 Å². The number of benzene rings is 1. The fraction of sp³-hybridized carbons (Fsp3) is 0.429. The zero-order chi connectivity index (χ0) is 14.5. The first-order valence-corrected chi connectivity index (χ1v) is 7.42. The normalized spacial score (nSPS) is 17.8. The third kappa shape index (κ3) is 3.58. The molecule has 0 radical (unpaired) electrons. The van der Waals surface area contributed by atoms with E-state index >= 15 is 0 Å². The Morgan fingerprint density at radius 1 is 1.50 bits per heavy atom. The molecule has 5 nitrogen and oxygen atoms in total. The van der Waals surface area contributed by atoms with Crippen LogP contribution in [0.2, 0.25) is 0 Å². The van der Waals surface area contributed by atoms with Crippen LogP contribution in [-0.4, -0.2) is 31.1 Å². The molecule has 2 N–H and O–H groups in total. The van der Waals surface area contributed by atoms with Crippen LogP contribution in [0, 0.1) is 0 Å². The minimum atomic E-state index is -0.372. The molecular formula is C14H17BrN2O3. The molecule has 1 aliphatic rings. The molecule has 0 spiro atoms. The first-order valence-electron chi connectivity index (χ1n) is 6.62. The van der Waals surface area contributed by atoms with E-state index in [9.17, 15) is 9.59 Å². The fourth-order valence-electron chi connectivity index (χ4n) is 2.09. The van der Waals surface area contributed by atoms with Gasteiger partial charge < -0.3 is 15.4 Å². The number of esters is 1. The number of rotatable bonds is 4. The summed E-state index contributed by atoms with van der Waals surface area (Å²) in [6.07, 6.45) is 1.87. The molecule has 1 saturated heterocycles. The molecule has 1 heterocycles. The molecule has 1 atom stereocenters. The highest BCUT2D eigenvalue weighted by molar-refractivity contribution is 9.10. The van der Waals surface area contributed by atoms with Gasteiger partial charge in [0.1, 0.15) is 0 Å². The second-order valence-corrected chi connectivity index (χ2v) is 5.41. The zero-order valence-corrected chi connectivity index (χ0v) is 12.8. The van der Waals surface area contributed by atoms with Crippen molar-refractivity contribution in [2.24, 2.45) is 0 Å². The van der Waals surface area contributed by atoms with E-state index in [1.165, 1.54) is 0 Å². The van der Waals surface area contributed by atoms with E-state index in [-0.39, 0.29) is 17.9 Å². The van der Waals surface area contributed by atoms with E-state index in [0.29, 0.717) is 22.3 Å². The number of carbonyl (C=O) groups is 2. The molecule has 0 aromatic heterocycles. The Bertz CT molecular complexity index is 513. The predicted molar refractivity (Wildman–Crippen MR) is 79.8 cm³/mol. The summed E-state index contributed by atoms with van der Waals surface area (Å²) < 4.78 is 5.59. The van der Waals surface area contributed by atoms with Crippen LogP contribution >= 0.6 is 15.9 Å². The van der Waals surface area contributed by atoms with Gasteiger partial charge in [-0.2, -0.15) is 0 Å². The lowest BCUT2D eigenvalue weighted by molar-refractivity contribution is -0.117. The Kier molecular flexibility index (Phi) is 5.14. The molecule has 1 aromatic rings. The molecular weight excluding hydrogens is 324 g/mol. The van der Waals surface area contributed by atoms with Crippen molar-refractivity contribution in [2.75, 3.05) is 18.5 Å². The van der Waals surface area contributed by atoms with Crippen LogP contribution in [0.5, 0.6) is 0 Å². The summed E-state index contributed by atoms with van der Waals surface area (Å²) in [4.78, 5) is 23.6. The zero-order valence-electron chi connectivity index (χ0n) is 11.2. The van der Waals surface area contributed by atoms with Gasteiger partial charge in [-0.05, 0) is 60.4 Å². The van der Waals surface area contributed by atoms with E-state index in [1.807, 2.05) is 0 Å². The standard InChI is InChI=1S/C14H17BrN2O3/c1-2-20-14(19)9-5-6-11(10(15)8-9)17-13(18)12-4-3-7-16-12/h5-6,8,12,16H,2-4,7H2,1H3,(H,17,18)/t12-/m0/s1. The van der Waals surface area contributed by atoms with Crippen molar-refractivity contribution in [1.82, 2.24) is 5.32 Å². The number of anilines is 1. The summed E-state index contributed by atoms with van der Waals surface area (Å²) in [5.74, 6) is -0.421. The smallest absolute Gasteiger partial charge is 0.338 e. The van der Waals surface area contributed by atoms with Crippen LogP contribution in [0.1, 0.15) is 30.1 Å². The largest absolute Gasteiger partial charge is 0.462 e. The monoisotopic (exact) mass is 340 g/mol. The third-order valence-electron chi connectivity index (χ3n) is 3.11. The molecule has 0 bridgehead atoms. The molecule has 1 aliphatic heterocycles. The number of hydrogen-bond donors (Lipinski definition) is 2. The minimum Gasteiger partial charge on any atom is -0.462 e. The van der Waals surface area contributed by atoms with Gasteiger partial charge in [0.25, 0.3) is 0 Å². The molecule has 1 aromatic carbocycles. The summed E-state index contributed by atoms with van der Waals surface area (Å²) >= 11 is 3.36. The van der Waals surface area contributed by atoms with Crippen LogP contribution in [0.3, 0.4) is 0 Å². The first-order chi connectivity index (χ1) is 9.61. The lowest BCUT2D eigenvalue weighted by Gasteiger charge is -2.13. The first kappa shape index (κ1) is 15.0. The highest BCUT2D eigenvalue weighted by Gasteiger charge is 2.22. The summed E-state index contributed by atoms with van der Waals surface area (Å²) in [7, 11) is 0. The van der Waals surface area contributed by atoms with Crippen LogP contribution in [-0.2, 0) is 9.53 Å². The van der Waals surface area contributed by atoms with Crippen LogP contribution in [0.15, 0.2) is 22.7 Å². The Labute approximate surface area is 126 Å². The quantitative estimate of drug-likeness (QED) is 0.825. The van der Waals surface area contributed by atoms with Gasteiger partial charge in [0, 0.05) is 4.47 Å². The molecule has 20 heavy (non-hydrogen) atoms. The second-order valence-electron chi connectivity index (χ2n) is 4.55. The summed E-state index contributed by atoms with van der Waals surface area (Å²) in [6.45, 7) is 2.97. The lowest BCUT2D eigenvalue weighted by Crippen LogP contribution is -2.35. The van der Waals surface area contributed by atoms with E-state index in [1.54, 1.807) is 25.1 Å². The van der Waals surface area contributed by atoms with Gasteiger partial charge in [-0.3, -0.25) is 4.79 Å². The Morgan fingerprint density at radius 2 is 2.30 bits per heavy atom. The van der Waals surface area contributed by atoms with E-state index in [0.717, 1.165) is 19.4 Å². The molecule has 0 unspecified atom stereocenters. The number of nitrogens with one attached hydrogen (secondary N) is 2. The van der Waals surface area contributed by atoms with Crippen molar-refractivity contribution >= 4 is 33.5 Å². The topological polar surface area (TPSA) is 67.4 Å². The van der Waals surface area contributed by atoms with Gasteiger partial charge in [0.05, 0.1) is 23.9 Å². The number of hydrogen-bond acceptors (Lipinski definition) is 4. The van der Waals surface area contributed by atoms with Crippen molar-refractivity contribution < 1.29 is 14.3 Å². The predicted octanol–water partition coefficient (Wildman–Crippen LogP) is 2.32. The highest BCUT2D eigenvalue weighted by atomic mass is 79.9. The van der Waals surface area contributed by atoms with Gasteiger partial charge in [0.15, 0.2) is 0 Å². The van der Waals surface area contributed by atoms with E-state index < -0.39 is 0 Å². The average molecular weight is 341 g/mol. The van der Waals surface area contributed by atoms with Crippen molar-refractivity contribution in [2.45, 2.75) is 25.8 Å². The van der Waals surface area contributed by atoms with Gasteiger partial charge in [-0.15, -0.1) is 0 Å². The highest BCUT2D eigenvalue weighted by Crippen LogP contribution is 2.24. The molecule has 108 valence electrons. The SMILES string of the molecule is CCOC(=O)c1ccc(NC(=O)[C@@H]2CCCN2)c(Br)c1. The molecule has 2 rings (SSSR count). The summed E-state index contributed by atoms with van der Waals surface area (Å²) in [5, 5.41) is 5.99. The van der Waals surface area contributed by atoms with Gasteiger partial charge in [-0.1, -0.05) is 0 Å². The van der Waals surface area contributed by atoms with Gasteiger partial charge >= 0.3 is 5.97 Å². The van der Waals surface area contributed by atoms with Crippen molar-refractivity contribution in [3.63, 3.8) is 0 Å². The van der Waals surface area contributed by atoms with Crippen LogP contribution in [0.25, 0.3) is 0 Å². The molecule has 1 amide bonds. The lowest BCUT2D eigenvalue weighted by atomic mass is 10.2. The Balaban J connectivity index is 2.05. The molecule has 0 aliphatic carbocycles. The fourth-order valence-corrected chi connectivity index (χ4v) is 2.56. The Morgan fingerprint density at radius 3 is 2.90 bits per heavy atom. The van der Waals surface area contributed by atoms with Crippen molar-refractivity contribution in [3.8, 4) is 0 Å². The maximum absolute atomic E-state index is 12.0. The maximum atomic E-state index is 12.0. The Hall–Kier alpha value is -1.40.